The Morgan fingerprint density at radius 3 is 1.41 bits per heavy atom. The highest BCUT2D eigenvalue weighted by Crippen LogP contribution is 2.60. The van der Waals surface area contributed by atoms with E-state index in [9.17, 15) is 57.1 Å². The molecule has 0 saturated carbocycles. The summed E-state index contributed by atoms with van der Waals surface area (Å²) in [6.45, 7) is 0. The van der Waals surface area contributed by atoms with Crippen molar-refractivity contribution in [2.45, 2.75) is 48.6 Å². The Balaban J connectivity index is 0. The fraction of sp³-hybridized carbons (Fsp3) is 0.900. The maximum absolute atomic E-state index is 13.3. The third kappa shape index (κ3) is 5.17. The number of halogens is 14. The molecule has 0 atom stereocenters. The van der Waals surface area contributed by atoms with E-state index in [2.05, 4.69) is 0 Å². The van der Waals surface area contributed by atoms with Gasteiger partial charge in [-0.25, -0.2) is 0 Å². The van der Waals surface area contributed by atoms with Gasteiger partial charge in [0.1, 0.15) is 0 Å². The summed E-state index contributed by atoms with van der Waals surface area (Å²) in [5.41, 5.74) is 4.74. The molecule has 0 amide bonds. The van der Waals surface area contributed by atoms with Crippen LogP contribution in [-0.2, 0) is 0 Å². The molecule has 0 aromatic heterocycles. The van der Waals surface area contributed by atoms with E-state index >= 15 is 0 Å². The van der Waals surface area contributed by atoms with Gasteiger partial charge in [-0.15, -0.1) is 24.0 Å². The van der Waals surface area contributed by atoms with Crippen molar-refractivity contribution in [1.82, 2.24) is 0 Å². The largest absolute Gasteiger partial charge is 0.460 e. The molecule has 0 unspecified atom stereocenters. The van der Waals surface area contributed by atoms with Gasteiger partial charge in [0.15, 0.2) is 5.17 Å². The lowest BCUT2D eigenvalue weighted by atomic mass is 9.92. The lowest BCUT2D eigenvalue weighted by Gasteiger charge is -2.39. The molecule has 0 aromatic carbocycles. The Bertz CT molecular complexity index is 520. The highest BCUT2D eigenvalue weighted by Gasteiger charge is 2.90. The molecule has 3 N–H and O–H groups in total. The molecule has 0 rings (SSSR count). The first-order valence-electron chi connectivity index (χ1n) is 6.09. The van der Waals surface area contributed by atoms with Crippen molar-refractivity contribution in [3.05, 3.63) is 0 Å². The Morgan fingerprint density at radius 2 is 1.07 bits per heavy atom. The van der Waals surface area contributed by atoms with Crippen LogP contribution in [0.25, 0.3) is 0 Å². The zero-order valence-electron chi connectivity index (χ0n) is 12.4. The van der Waals surface area contributed by atoms with Crippen molar-refractivity contribution in [1.29, 1.82) is 5.41 Å². The van der Waals surface area contributed by atoms with Crippen LogP contribution in [-0.4, -0.2) is 46.7 Å². The third-order valence-corrected chi connectivity index (χ3v) is 3.69. The Kier molecular flexibility index (Phi) is 9.15. The average molecular weight is 564 g/mol. The monoisotopic (exact) mass is 564 g/mol. The van der Waals surface area contributed by atoms with E-state index in [1.165, 1.54) is 0 Å². The quantitative estimate of drug-likeness (QED) is 0.130. The topological polar surface area (TPSA) is 49.9 Å². The van der Waals surface area contributed by atoms with Crippen LogP contribution in [0.3, 0.4) is 0 Å². The second kappa shape index (κ2) is 8.56. The first-order chi connectivity index (χ1) is 11.2. The standard InChI is InChI=1S/C10H9F13N2S.HI/c11-5(12,2-1-3-26-4(24)25)6(13,14)7(15,16)8(17,18)9(19,20)10(21,22)23;/h1-3H2,(H3,24,25);1H. The van der Waals surface area contributed by atoms with Gasteiger partial charge in [-0.05, 0) is 6.42 Å². The smallest absolute Gasteiger partial charge is 0.379 e. The maximum Gasteiger partial charge on any atom is 0.460 e. The van der Waals surface area contributed by atoms with E-state index < -0.39 is 59.6 Å². The van der Waals surface area contributed by atoms with E-state index in [0.717, 1.165) is 0 Å². The molecule has 0 bridgehead atoms. The number of nitrogens with two attached hydrogens (primary N) is 1. The van der Waals surface area contributed by atoms with Gasteiger partial charge < -0.3 is 5.73 Å². The highest BCUT2D eigenvalue weighted by molar-refractivity contribution is 14.0. The third-order valence-electron chi connectivity index (χ3n) is 2.89. The number of rotatable bonds is 8. The lowest BCUT2D eigenvalue weighted by molar-refractivity contribution is -0.440. The maximum atomic E-state index is 13.3. The van der Waals surface area contributed by atoms with Gasteiger partial charge in [0, 0.05) is 12.2 Å². The number of nitrogens with one attached hydrogen (secondary N) is 1. The van der Waals surface area contributed by atoms with Gasteiger partial charge in [-0.3, -0.25) is 5.41 Å². The molecule has 0 aliphatic rings. The van der Waals surface area contributed by atoms with Gasteiger partial charge >= 0.3 is 35.8 Å². The van der Waals surface area contributed by atoms with Gasteiger partial charge in [-0.1, -0.05) is 11.8 Å². The zero-order valence-corrected chi connectivity index (χ0v) is 15.6. The van der Waals surface area contributed by atoms with E-state index in [4.69, 9.17) is 11.1 Å². The first kappa shape index (κ1) is 28.8. The Morgan fingerprint density at radius 1 is 0.704 bits per heavy atom. The van der Waals surface area contributed by atoms with Gasteiger partial charge in [-0.2, -0.15) is 57.1 Å². The van der Waals surface area contributed by atoms with Gasteiger partial charge in [0.25, 0.3) is 0 Å². The van der Waals surface area contributed by atoms with Crippen molar-refractivity contribution < 1.29 is 57.1 Å². The average Bonchev–Trinajstić information content (AvgIpc) is 2.41. The molecule has 0 aromatic rings. The molecule has 0 saturated heterocycles. The fourth-order valence-corrected chi connectivity index (χ4v) is 1.94. The van der Waals surface area contributed by atoms with Crippen molar-refractivity contribution in [3.8, 4) is 0 Å². The minimum atomic E-state index is -7.88. The minimum Gasteiger partial charge on any atom is -0.379 e. The van der Waals surface area contributed by atoms with Crippen LogP contribution < -0.4 is 5.73 Å². The number of amidine groups is 1. The summed E-state index contributed by atoms with van der Waals surface area (Å²) >= 11 is 0.282. The van der Waals surface area contributed by atoms with Crippen LogP contribution in [0.1, 0.15) is 12.8 Å². The summed E-state index contributed by atoms with van der Waals surface area (Å²) in [7, 11) is 0. The molecule has 17 heteroatoms. The molecule has 0 fully saturated rings. The fourth-order valence-electron chi connectivity index (χ4n) is 1.44. The van der Waals surface area contributed by atoms with Crippen LogP contribution in [0.15, 0.2) is 0 Å². The molecule has 0 aliphatic heterocycles. The van der Waals surface area contributed by atoms with E-state index in [0.29, 0.717) is 0 Å². The molecule has 0 radical (unpaired) electrons. The molecule has 27 heavy (non-hydrogen) atoms. The predicted molar refractivity (Wildman–Crippen MR) is 79.8 cm³/mol. The molecule has 0 heterocycles. The van der Waals surface area contributed by atoms with Crippen molar-refractivity contribution in [3.63, 3.8) is 0 Å². The normalized spacial score (nSPS) is 14.7. The van der Waals surface area contributed by atoms with Crippen molar-refractivity contribution in [2.75, 3.05) is 5.75 Å². The summed E-state index contributed by atoms with van der Waals surface area (Å²) in [5.74, 6) is -37.3. The SMILES string of the molecule is I.N=C(N)SCCCC(F)(F)C(F)(F)C(F)(F)C(F)(F)C(F)(F)C(F)(F)F. The summed E-state index contributed by atoms with van der Waals surface area (Å²) in [6.07, 6.45) is -10.8. The number of alkyl halides is 13. The van der Waals surface area contributed by atoms with Crippen molar-refractivity contribution in [2.24, 2.45) is 5.73 Å². The van der Waals surface area contributed by atoms with Gasteiger partial charge in [0.05, 0.1) is 0 Å². The van der Waals surface area contributed by atoms with Crippen LogP contribution in [0.2, 0.25) is 0 Å². The second-order valence-corrected chi connectivity index (χ2v) is 5.95. The summed E-state index contributed by atoms with van der Waals surface area (Å²) < 4.78 is 166. The van der Waals surface area contributed by atoms with Crippen LogP contribution in [0, 0.1) is 5.41 Å². The molecule has 0 aliphatic carbocycles. The van der Waals surface area contributed by atoms with Crippen LogP contribution >= 0.6 is 35.7 Å². The summed E-state index contributed by atoms with van der Waals surface area (Å²) in [4.78, 5) is 0. The minimum absolute atomic E-state index is 0. The lowest BCUT2D eigenvalue weighted by Crippen LogP contribution is -2.70. The number of hydrogen-bond acceptors (Lipinski definition) is 2. The van der Waals surface area contributed by atoms with Gasteiger partial charge in [0.2, 0.25) is 0 Å². The molecule has 164 valence electrons. The molecule has 0 spiro atoms. The molecule has 2 nitrogen and oxygen atoms in total. The highest BCUT2D eigenvalue weighted by atomic mass is 127. The Hall–Kier alpha value is -0.360. The second-order valence-electron chi connectivity index (χ2n) is 4.82. The summed E-state index contributed by atoms with van der Waals surface area (Å²) in [5, 5.41) is 5.96. The zero-order chi connectivity index (χ0) is 21.4. The van der Waals surface area contributed by atoms with Crippen LogP contribution in [0.4, 0.5) is 57.1 Å². The van der Waals surface area contributed by atoms with E-state index in [-0.39, 0.29) is 35.7 Å². The summed E-state index contributed by atoms with van der Waals surface area (Å²) in [6, 6.07) is 0. The number of hydrogen-bond donors (Lipinski definition) is 2. The van der Waals surface area contributed by atoms with E-state index in [1.54, 1.807) is 0 Å². The van der Waals surface area contributed by atoms with Crippen molar-refractivity contribution >= 4 is 40.9 Å². The number of thioether (sulfide) groups is 1. The Labute approximate surface area is 163 Å². The predicted octanol–water partition coefficient (Wildman–Crippen LogP) is 5.75. The molecular formula is C10H10F13IN2S. The molecular weight excluding hydrogens is 554 g/mol. The van der Waals surface area contributed by atoms with Crippen LogP contribution in [0.5, 0.6) is 0 Å². The first-order valence-corrected chi connectivity index (χ1v) is 7.08. The van der Waals surface area contributed by atoms with E-state index in [1.807, 2.05) is 0 Å².